The number of hydrogen-bond acceptors (Lipinski definition) is 1. The fourth-order valence-electron chi connectivity index (χ4n) is 3.21. The van der Waals surface area contributed by atoms with Gasteiger partial charge in [0.2, 0.25) is 11.4 Å². The fourth-order valence-corrected chi connectivity index (χ4v) is 3.21. The lowest BCUT2D eigenvalue weighted by Crippen LogP contribution is -2.44. The van der Waals surface area contributed by atoms with Gasteiger partial charge >= 0.3 is 0 Å². The molecular weight excluding hydrogens is 272 g/mol. The summed E-state index contributed by atoms with van der Waals surface area (Å²) in [4.78, 5) is 15.7. The van der Waals surface area contributed by atoms with Gasteiger partial charge in [-0.05, 0) is 36.8 Å². The number of aryl methyl sites for hydroxylation is 1. The van der Waals surface area contributed by atoms with Crippen molar-refractivity contribution in [3.63, 3.8) is 0 Å². The molecule has 1 aromatic rings. The zero-order valence-corrected chi connectivity index (χ0v) is 13.9. The number of nitrogens with zero attached hydrogens (tertiary/aromatic N) is 1. The second kappa shape index (κ2) is 6.52. The predicted molar refractivity (Wildman–Crippen MR) is 89.5 cm³/mol. The van der Waals surface area contributed by atoms with E-state index < -0.39 is 0 Å². The van der Waals surface area contributed by atoms with Gasteiger partial charge in [0.25, 0.3) is 0 Å². The lowest BCUT2D eigenvalue weighted by Gasteiger charge is -2.40. The van der Waals surface area contributed by atoms with Crippen molar-refractivity contribution >= 4 is 5.91 Å². The maximum Gasteiger partial charge on any atom is 0.231 e. The van der Waals surface area contributed by atoms with Gasteiger partial charge in [-0.15, -0.1) is 0 Å². The first kappa shape index (κ1) is 16.5. The molecule has 1 amide bonds. The Balaban J connectivity index is 1.95. The molecule has 0 atom stereocenters. The van der Waals surface area contributed by atoms with E-state index in [0.717, 1.165) is 38.5 Å². The van der Waals surface area contributed by atoms with Crippen molar-refractivity contribution in [1.29, 1.82) is 0 Å². The second-order valence-electron chi connectivity index (χ2n) is 7.13. The van der Waals surface area contributed by atoms with E-state index in [0.29, 0.717) is 0 Å². The van der Waals surface area contributed by atoms with Crippen molar-refractivity contribution < 1.29 is 4.79 Å². The molecule has 1 fully saturated rings. The first-order valence-electron chi connectivity index (χ1n) is 8.09. The summed E-state index contributed by atoms with van der Waals surface area (Å²) < 4.78 is 0. The minimum absolute atomic E-state index is 0.125. The molecule has 0 radical (unpaired) electrons. The molecule has 1 aliphatic carbocycles. The lowest BCUT2D eigenvalue weighted by atomic mass is 9.65. The van der Waals surface area contributed by atoms with E-state index >= 15 is 0 Å². The first-order valence-corrected chi connectivity index (χ1v) is 8.09. The summed E-state index contributed by atoms with van der Waals surface area (Å²) in [5.74, 6) is 0.203. The molecule has 0 spiro atoms. The average Bonchev–Trinajstić information content (AvgIpc) is 2.47. The van der Waals surface area contributed by atoms with Gasteiger partial charge in [-0.2, -0.15) is 0 Å². The summed E-state index contributed by atoms with van der Waals surface area (Å²) in [5.41, 5.74) is 2.02. The van der Waals surface area contributed by atoms with E-state index in [2.05, 4.69) is 34.4 Å². The summed E-state index contributed by atoms with van der Waals surface area (Å²) in [6.07, 6.45) is 5.85. The number of amides is 1. The number of nitrogens with one attached hydrogen (secondary N) is 1. The molecule has 118 valence electrons. The highest BCUT2D eigenvalue weighted by atomic mass is 16.2. The Kier molecular flexibility index (Phi) is 4.90. The summed E-state index contributed by atoms with van der Waals surface area (Å²) in [5, 5.41) is 2.82. The Morgan fingerprint density at radius 1 is 1.27 bits per heavy atom. The van der Waals surface area contributed by atoms with Crippen molar-refractivity contribution in [2.24, 2.45) is 5.41 Å². The molecule has 1 saturated carbocycles. The molecule has 0 saturated heterocycles. The minimum atomic E-state index is -0.337. The van der Waals surface area contributed by atoms with Gasteiger partial charge in [0.05, 0.1) is 6.42 Å². The highest BCUT2D eigenvalue weighted by Gasteiger charge is 2.42. The van der Waals surface area contributed by atoms with Gasteiger partial charge < -0.3 is 10.2 Å². The van der Waals surface area contributed by atoms with E-state index in [9.17, 15) is 4.79 Å². The van der Waals surface area contributed by atoms with Crippen molar-refractivity contribution in [2.45, 2.75) is 57.9 Å². The second-order valence-corrected chi connectivity index (χ2v) is 7.13. The lowest BCUT2D eigenvalue weighted by molar-refractivity contribution is -0.136. The van der Waals surface area contributed by atoms with Gasteiger partial charge in [0.1, 0.15) is 0 Å². The maximum atomic E-state index is 12.0. The Bertz CT molecular complexity index is 562. The zero-order valence-electron chi connectivity index (χ0n) is 13.9. The Hall–Kier alpha value is -1.82. The van der Waals surface area contributed by atoms with Crippen LogP contribution in [0.1, 0.15) is 50.7 Å². The molecule has 1 aliphatic rings. The van der Waals surface area contributed by atoms with Gasteiger partial charge in [-0.1, -0.05) is 30.7 Å². The number of carbonyl (C=O) groups excluding carboxylic acids is 1. The third kappa shape index (κ3) is 3.68. The Morgan fingerprint density at radius 2 is 1.86 bits per heavy atom. The van der Waals surface area contributed by atoms with E-state index in [-0.39, 0.29) is 16.9 Å². The van der Waals surface area contributed by atoms with Crippen LogP contribution in [0.2, 0.25) is 0 Å². The molecule has 0 bridgehead atoms. The van der Waals surface area contributed by atoms with Crippen LogP contribution >= 0.6 is 0 Å². The highest BCUT2D eigenvalue weighted by molar-refractivity contribution is 5.83. The van der Waals surface area contributed by atoms with Crippen LogP contribution in [0.15, 0.2) is 24.3 Å². The van der Waals surface area contributed by atoms with Gasteiger partial charge in [0, 0.05) is 26.3 Å². The Morgan fingerprint density at radius 3 is 2.32 bits per heavy atom. The molecule has 2 rings (SSSR count). The Labute approximate surface area is 133 Å². The average molecular weight is 298 g/mol. The molecular formula is C19H26N2O. The fraction of sp³-hybridized carbons (Fsp3) is 0.579. The number of hydrogen-bond donors (Lipinski definition) is 1. The summed E-state index contributed by atoms with van der Waals surface area (Å²) >= 11 is 0. The van der Waals surface area contributed by atoms with Crippen molar-refractivity contribution in [1.82, 2.24) is 5.32 Å². The molecule has 22 heavy (non-hydrogen) atoms. The monoisotopic (exact) mass is 298 g/mol. The normalized spacial score (nSPS) is 16.5. The van der Waals surface area contributed by atoms with Crippen molar-refractivity contribution in [2.75, 3.05) is 7.05 Å². The van der Waals surface area contributed by atoms with Crippen molar-refractivity contribution in [3.8, 4) is 0 Å². The smallest absolute Gasteiger partial charge is 0.231 e. The van der Waals surface area contributed by atoms with E-state index in [1.54, 1.807) is 7.05 Å². The minimum Gasteiger partial charge on any atom is -0.359 e. The van der Waals surface area contributed by atoms with Crippen LogP contribution < -0.4 is 5.32 Å². The van der Waals surface area contributed by atoms with E-state index in [4.69, 9.17) is 6.57 Å². The summed E-state index contributed by atoms with van der Waals surface area (Å²) in [6, 6.07) is 8.53. The topological polar surface area (TPSA) is 33.5 Å². The molecule has 0 heterocycles. The van der Waals surface area contributed by atoms with Gasteiger partial charge in [0.15, 0.2) is 0 Å². The van der Waals surface area contributed by atoms with Crippen molar-refractivity contribution in [3.05, 3.63) is 46.8 Å². The molecule has 1 N–H and O–H groups in total. The van der Waals surface area contributed by atoms with E-state index in [1.165, 1.54) is 11.1 Å². The van der Waals surface area contributed by atoms with Crippen LogP contribution in [-0.2, 0) is 17.6 Å². The number of benzene rings is 1. The molecule has 0 unspecified atom stereocenters. The first-order chi connectivity index (χ1) is 10.4. The molecule has 0 aromatic heterocycles. The van der Waals surface area contributed by atoms with E-state index in [1.807, 2.05) is 13.8 Å². The third-order valence-corrected chi connectivity index (χ3v) is 4.87. The molecule has 0 aliphatic heterocycles. The number of carbonyl (C=O) groups is 1. The summed E-state index contributed by atoms with van der Waals surface area (Å²) in [6.45, 7) is 11.1. The van der Waals surface area contributed by atoms with Crippen LogP contribution in [0, 0.1) is 12.0 Å². The van der Waals surface area contributed by atoms with Crippen LogP contribution in [0.25, 0.3) is 4.85 Å². The molecule has 3 heteroatoms. The molecule has 3 nitrogen and oxygen atoms in total. The van der Waals surface area contributed by atoms with Crippen LogP contribution in [0.4, 0.5) is 0 Å². The summed E-state index contributed by atoms with van der Waals surface area (Å²) in [7, 11) is 1.73. The quantitative estimate of drug-likeness (QED) is 0.797. The molecule has 1 aromatic carbocycles. The van der Waals surface area contributed by atoms with Crippen LogP contribution in [0.5, 0.6) is 0 Å². The maximum absolute atomic E-state index is 12.0. The largest absolute Gasteiger partial charge is 0.359 e. The zero-order chi connectivity index (χ0) is 16.2. The standard InChI is InChI=1S/C19H26N2O/c1-18(2,21-4)14-16-8-6-15(7-9-16)10-13-19(11-5-12-19)17(22)20-3/h6-9H,5,10-14H2,1-3H3,(H,20,22). The van der Waals surface area contributed by atoms with Gasteiger partial charge in [-0.3, -0.25) is 4.79 Å². The third-order valence-electron chi connectivity index (χ3n) is 4.87. The highest BCUT2D eigenvalue weighted by Crippen LogP contribution is 2.44. The van der Waals surface area contributed by atoms with Crippen LogP contribution in [-0.4, -0.2) is 18.5 Å². The van der Waals surface area contributed by atoms with Gasteiger partial charge in [-0.25, -0.2) is 6.57 Å². The predicted octanol–water partition coefficient (Wildman–Crippen LogP) is 3.78. The SMILES string of the molecule is [C-]#[N+]C(C)(C)Cc1ccc(CCC2(C(=O)NC)CCC2)cc1. The number of rotatable bonds is 6. The van der Waals surface area contributed by atoms with Crippen LogP contribution in [0.3, 0.4) is 0 Å².